The number of carbonyl (C=O) groups excluding carboxylic acids is 1. The third-order valence-electron chi connectivity index (χ3n) is 29.5. The lowest BCUT2D eigenvalue weighted by Gasteiger charge is -2.41. The molecule has 38 heteroatoms. The molecule has 10 N–H and O–H groups in total. The molecule has 4 atom stereocenters. The number of piperidine rings is 4. The van der Waals surface area contributed by atoms with Crippen LogP contribution < -0.4 is 44.7 Å². The third-order valence-corrected chi connectivity index (χ3v) is 40.6. The summed E-state index contributed by atoms with van der Waals surface area (Å²) in [5, 5.41) is 30.3. The van der Waals surface area contributed by atoms with Gasteiger partial charge in [0.15, 0.2) is 44.5 Å². The number of β-amino-alcohol motifs (C(OH)–C–C–N with tert-alkyl or cyclic N) is 1. The molecule has 0 aliphatic carbocycles. The number of carboxylic acids is 1. The van der Waals surface area contributed by atoms with Gasteiger partial charge in [0.1, 0.15) is 33.2 Å². The lowest BCUT2D eigenvalue weighted by atomic mass is 9.90. The Balaban J connectivity index is 0.000000144. The fourth-order valence-electron chi connectivity index (χ4n) is 19.0. The molecule has 4 unspecified atom stereocenters. The molecule has 1 amide bonds. The van der Waals surface area contributed by atoms with Crippen LogP contribution in [0, 0.1) is 46.9 Å². The number of fused-ring (bicyclic) bond motifs is 5. The molecule has 4 fully saturated rings. The Morgan fingerprint density at radius 3 is 1.05 bits per heavy atom. The highest BCUT2D eigenvalue weighted by molar-refractivity contribution is 8.15. The number of likely N-dealkylation sites (tertiary alicyclic amines) is 4. The number of amides is 1. The van der Waals surface area contributed by atoms with Crippen molar-refractivity contribution in [1.82, 2.24) is 60.5 Å². The van der Waals surface area contributed by atoms with Crippen LogP contribution >= 0.6 is 36.2 Å². The molecule has 19 rings (SSSR count). The zero-order chi connectivity index (χ0) is 107. The molecule has 798 valence electrons. The molecular formula is C112H135F4N13O16S3Si2. The summed E-state index contributed by atoms with van der Waals surface area (Å²) in [7, 11) is -4.07. The first-order valence-electron chi connectivity index (χ1n) is 51.4. The van der Waals surface area contributed by atoms with Gasteiger partial charge in [-0.15, -0.1) is 0 Å². The fraction of sp³-hybridized carbons (Fsp3) is 0.429. The highest BCUT2D eigenvalue weighted by Crippen LogP contribution is 2.40. The van der Waals surface area contributed by atoms with E-state index in [0.29, 0.717) is 121 Å². The van der Waals surface area contributed by atoms with E-state index in [1.165, 1.54) is 77.6 Å². The number of aromatic amines is 5. The van der Waals surface area contributed by atoms with Crippen molar-refractivity contribution in [1.29, 1.82) is 0 Å². The van der Waals surface area contributed by atoms with Crippen molar-refractivity contribution in [2.45, 2.75) is 178 Å². The van der Waals surface area contributed by atoms with Crippen LogP contribution in [0.3, 0.4) is 0 Å². The Kier molecular flexibility index (Phi) is 38.0. The summed E-state index contributed by atoms with van der Waals surface area (Å²) in [6.07, 6.45) is 12.2. The van der Waals surface area contributed by atoms with Gasteiger partial charge in [0.25, 0.3) is 5.91 Å². The van der Waals surface area contributed by atoms with Crippen LogP contribution in [-0.2, 0) is 34.5 Å². The van der Waals surface area contributed by atoms with Crippen LogP contribution in [0.15, 0.2) is 239 Å². The number of halogens is 4. The first-order chi connectivity index (χ1) is 71.5. The number of aliphatic imine (C=N–C) groups is 1. The van der Waals surface area contributed by atoms with Crippen LogP contribution in [0.2, 0.25) is 36.3 Å². The van der Waals surface area contributed by atoms with E-state index in [1.807, 2.05) is 90.6 Å². The van der Waals surface area contributed by atoms with E-state index in [4.69, 9.17) is 61.1 Å². The monoisotopic (exact) mass is 2150 g/mol. The number of hydrogen-bond donors (Lipinski definition) is 10. The topological polar surface area (TPSA) is 384 Å². The molecule has 0 spiro atoms. The van der Waals surface area contributed by atoms with E-state index in [0.717, 1.165) is 164 Å². The maximum atomic E-state index is 13.3. The lowest BCUT2D eigenvalue weighted by molar-refractivity contribution is 0.0696. The Bertz CT molecular complexity index is 7060. The zero-order valence-corrected chi connectivity index (χ0v) is 90.8. The van der Waals surface area contributed by atoms with E-state index in [-0.39, 0.29) is 62.6 Å². The van der Waals surface area contributed by atoms with Gasteiger partial charge in [-0.3, -0.25) is 34.7 Å². The summed E-state index contributed by atoms with van der Waals surface area (Å²) < 4.78 is 91.5. The maximum absolute atomic E-state index is 13.3. The molecule has 5 aliphatic rings. The Labute approximate surface area is 884 Å². The van der Waals surface area contributed by atoms with E-state index in [2.05, 4.69) is 133 Å². The number of carboxylic acid groups (broad SMARTS) is 1. The zero-order valence-electron chi connectivity index (χ0n) is 86.4. The van der Waals surface area contributed by atoms with Gasteiger partial charge in [-0.2, -0.15) is 0 Å². The van der Waals surface area contributed by atoms with E-state index < -0.39 is 57.5 Å². The number of rotatable bonds is 31. The highest BCUT2D eigenvalue weighted by atomic mass is 32.2. The SMILES string of the molecule is CC(C)(C)[Si](C)(C)OC(CNC(=O)c1ccc2[nH]c(=O)oc2c1)CN1CCC(Cc2ccc(F)cc2)CC1.CC(C)(C)[Si](C)(C)OC(CNC(=S)c1ccc2[nH]c(=O)oc2c1)CN1CCC(Cc2ccc(F)cc2)CC1.O=C(O)c1ccc2[nH]c(=O)oc2c1.O=c1[nH]c2ccc(C(=S)NCC(O)CN3CCC(Cc4ccc(F)cc4)CC3)cc2o1.O=c1[nH]c2ccc(C3=NCC(CN4CCC(Cc5ccc(F)cc5)CC4)S3)cc2o1. The van der Waals surface area contributed by atoms with E-state index >= 15 is 0 Å². The number of nitrogens with zero attached hydrogens (tertiary/aromatic N) is 5. The van der Waals surface area contributed by atoms with E-state index in [1.54, 1.807) is 66.7 Å². The van der Waals surface area contributed by atoms with Gasteiger partial charge in [0.2, 0.25) is 0 Å². The average Bonchev–Trinajstić information content (AvgIpc) is 1.58. The fourth-order valence-corrected chi connectivity index (χ4v) is 23.3. The molecule has 9 aromatic carbocycles. The van der Waals surface area contributed by atoms with Crippen LogP contribution in [0.25, 0.3) is 55.5 Å². The Morgan fingerprint density at radius 1 is 0.413 bits per heavy atom. The quantitative estimate of drug-likeness (QED) is 0.0110. The normalized spacial score (nSPS) is 16.8. The second-order valence-corrected chi connectivity index (χ2v) is 54.5. The molecule has 150 heavy (non-hydrogen) atoms. The largest absolute Gasteiger partial charge is 0.478 e. The number of thiocarbonyl (C=S) groups is 2. The number of thioether (sulfide) groups is 1. The first kappa shape index (κ1) is 112. The number of aliphatic hydroxyl groups is 1. The summed E-state index contributed by atoms with van der Waals surface area (Å²) in [6, 6.07) is 53.1. The first-order valence-corrected chi connectivity index (χ1v) is 58.9. The minimum atomic E-state index is -2.07. The van der Waals surface area contributed by atoms with Crippen molar-refractivity contribution in [3.05, 3.63) is 314 Å². The number of benzene rings is 9. The van der Waals surface area contributed by atoms with Crippen LogP contribution in [0.5, 0.6) is 0 Å². The molecule has 0 saturated carbocycles. The number of nitrogens with one attached hydrogen (secondary N) is 8. The molecule has 29 nitrogen and oxygen atoms in total. The maximum Gasteiger partial charge on any atom is 0.417 e. The second-order valence-electron chi connectivity index (χ2n) is 42.9. The van der Waals surface area contributed by atoms with E-state index in [9.17, 15) is 56.2 Å². The van der Waals surface area contributed by atoms with Crippen molar-refractivity contribution in [3.63, 3.8) is 0 Å². The molecule has 0 bridgehead atoms. The van der Waals surface area contributed by atoms with Crippen molar-refractivity contribution in [2.75, 3.05) is 105 Å². The van der Waals surface area contributed by atoms with Crippen molar-refractivity contribution in [3.8, 4) is 0 Å². The molecule has 0 radical (unpaired) electrons. The van der Waals surface area contributed by atoms with Crippen molar-refractivity contribution in [2.24, 2.45) is 28.7 Å². The Hall–Kier alpha value is -12.1. The van der Waals surface area contributed by atoms with Gasteiger partial charge in [-0.1, -0.05) is 126 Å². The smallest absolute Gasteiger partial charge is 0.417 e. The van der Waals surface area contributed by atoms with Crippen molar-refractivity contribution < 1.29 is 68.3 Å². The number of H-pyrrole nitrogens is 5. The number of oxazole rings is 5. The lowest BCUT2D eigenvalue weighted by Crippen LogP contribution is -2.51. The number of hydrogen-bond acceptors (Lipinski definition) is 23. The standard InChI is InChI=1S/C29H40FN3O4Si.C29H40FN3O3SSi.C23H26FN3O3S.C23H24FN3O2S.C8H5NO4/c1-29(2,3)38(4,5)37-24(18-31-27(34)22-8-11-25-26(17-22)36-28(35)32-25)19-33-14-12-21(13-15-33)16-20-6-9-23(30)10-7-20;1-29(2,3)38(4,5)36-24(18-31-27(37)22-8-11-25-26(17-22)35-28(34)32-25)19-33-14-12-21(13-15-33)16-20-6-9-23(30)10-7-20;24-18-4-1-15(2-5-18)11-16-7-9-27(10-8-16)14-19(28)13-25-22(31)17-3-6-20-21(12-17)30-23(29)26-20;24-18-4-1-15(2-5-18)11-16-7-9-27(10-8-16)14-19-13-25-22(30-19)17-3-6-20-21(12-17)29-23(28)26-20;10-7(11)4-1-2-5-6(3-4)13-8(12)9-5/h6-11,17,21,24H,12-16,18-19H2,1-5H3,(H,31,34)(H,32,35);6-11,17,21,24H,12-16,18-19H2,1-5H3,(H,31,37)(H,32,34);1-6,12,16,19,28H,7-11,13-14H2,(H,25,31)(H,26,29);1-6,12,16,19H,7-11,13-14H2,(H,26,28);1-3H,(H,9,12)(H,10,11). The predicted octanol–water partition coefficient (Wildman–Crippen LogP) is 18.9. The minimum Gasteiger partial charge on any atom is -0.478 e. The summed E-state index contributed by atoms with van der Waals surface area (Å²) in [5.41, 5.74) is 13.1. The Morgan fingerprint density at radius 2 is 0.707 bits per heavy atom. The van der Waals surface area contributed by atoms with Crippen LogP contribution in [0.1, 0.15) is 153 Å². The van der Waals surface area contributed by atoms with Gasteiger partial charge >= 0.3 is 34.7 Å². The summed E-state index contributed by atoms with van der Waals surface area (Å²) >= 11 is 12.9. The van der Waals surface area contributed by atoms with Gasteiger partial charge < -0.3 is 76.7 Å². The number of aromatic carboxylic acids is 1. The molecule has 4 saturated heterocycles. The number of carbonyl (C=O) groups is 2. The second kappa shape index (κ2) is 50.9. The molecule has 5 aromatic heterocycles. The van der Waals surface area contributed by atoms with Gasteiger partial charge in [-0.25, -0.2) is 46.3 Å². The summed E-state index contributed by atoms with van der Waals surface area (Å²) in [6.45, 7) is 36.0. The molecule has 14 aromatic rings. The minimum absolute atomic E-state index is 0.00332. The molecule has 5 aliphatic heterocycles. The third kappa shape index (κ3) is 32.3. The van der Waals surface area contributed by atoms with Crippen molar-refractivity contribution >= 4 is 135 Å². The number of aromatic nitrogens is 5. The van der Waals surface area contributed by atoms with Crippen LogP contribution in [-0.4, -0.2) is 227 Å². The molecular weight excluding hydrogens is 2010 g/mol. The van der Waals surface area contributed by atoms with Gasteiger partial charge in [-0.05, 0) is 351 Å². The highest BCUT2D eigenvalue weighted by Gasteiger charge is 2.42. The van der Waals surface area contributed by atoms with Gasteiger partial charge in [0.05, 0.1) is 63.0 Å². The summed E-state index contributed by atoms with van der Waals surface area (Å²) in [4.78, 5) is 108. The molecule has 10 heterocycles. The average molecular weight is 2150 g/mol. The predicted molar refractivity (Wildman–Crippen MR) is 593 cm³/mol. The summed E-state index contributed by atoms with van der Waals surface area (Å²) in [5.74, 6) is -2.06. The van der Waals surface area contributed by atoms with Crippen LogP contribution in [0.4, 0.5) is 17.6 Å². The van der Waals surface area contributed by atoms with Gasteiger partial charge in [0, 0.05) is 73.3 Å². The number of aliphatic hydroxyl groups excluding tert-OH is 1.